The molecule has 0 aliphatic heterocycles. The molecule has 0 amide bonds. The van der Waals surface area contributed by atoms with Crippen molar-refractivity contribution < 1.29 is 0 Å². The second-order valence-electron chi connectivity index (χ2n) is 13.8. The third kappa shape index (κ3) is 5.89. The average molecular weight is 702 g/mol. The Hall–Kier alpha value is -7.36. The zero-order chi connectivity index (χ0) is 36.6. The molecule has 3 nitrogen and oxygen atoms in total. The average Bonchev–Trinajstić information content (AvgIpc) is 3.27. The zero-order valence-electron chi connectivity index (χ0n) is 30.0. The van der Waals surface area contributed by atoms with E-state index in [-0.39, 0.29) is 0 Å². The molecule has 3 heteroatoms. The standard InChI is InChI=1S/C52H35N3/c1-6-19-36(20-7-1)40-34-46(37-21-8-2-9-22-37)53-47(35-40)45-33-39-25-16-17-30-43(39)49-44-31-18-32-48(52(44)54-51(50(45)49)38-23-10-3-11-24-38)55(41-26-12-4-13-27-41)42-28-14-5-15-29-42/h1-35H. The summed E-state index contributed by atoms with van der Waals surface area (Å²) in [5.41, 5.74) is 12.3. The van der Waals surface area contributed by atoms with E-state index < -0.39 is 0 Å². The van der Waals surface area contributed by atoms with Crippen LogP contribution in [0, 0.1) is 0 Å². The number of rotatable bonds is 7. The number of aromatic nitrogens is 2. The predicted octanol–water partition coefficient (Wildman–Crippen LogP) is 14.1. The van der Waals surface area contributed by atoms with E-state index in [4.69, 9.17) is 9.97 Å². The molecule has 0 N–H and O–H groups in total. The summed E-state index contributed by atoms with van der Waals surface area (Å²) in [6, 6.07) is 74.9. The van der Waals surface area contributed by atoms with Crippen LogP contribution >= 0.6 is 0 Å². The normalized spacial score (nSPS) is 11.3. The molecule has 10 rings (SSSR count). The van der Waals surface area contributed by atoms with Gasteiger partial charge in [-0.2, -0.15) is 0 Å². The number of hydrogen-bond donors (Lipinski definition) is 0. The molecule has 0 saturated heterocycles. The first-order chi connectivity index (χ1) is 27.3. The summed E-state index contributed by atoms with van der Waals surface area (Å²) in [6.07, 6.45) is 0. The molecule has 0 radical (unpaired) electrons. The van der Waals surface area contributed by atoms with Crippen LogP contribution in [0.15, 0.2) is 212 Å². The van der Waals surface area contributed by atoms with Crippen LogP contribution in [-0.2, 0) is 0 Å². The molecule has 8 aromatic carbocycles. The molecular weight excluding hydrogens is 667 g/mol. The Morgan fingerprint density at radius 3 is 1.53 bits per heavy atom. The Morgan fingerprint density at radius 1 is 0.345 bits per heavy atom. The Morgan fingerprint density at radius 2 is 0.873 bits per heavy atom. The second kappa shape index (κ2) is 13.9. The van der Waals surface area contributed by atoms with E-state index in [9.17, 15) is 0 Å². The summed E-state index contributed by atoms with van der Waals surface area (Å²) in [7, 11) is 0. The van der Waals surface area contributed by atoms with Gasteiger partial charge in [0.2, 0.25) is 0 Å². The van der Waals surface area contributed by atoms with Crippen molar-refractivity contribution in [1.29, 1.82) is 0 Å². The highest BCUT2D eigenvalue weighted by Gasteiger charge is 2.23. The van der Waals surface area contributed by atoms with Gasteiger partial charge in [0, 0.05) is 44.2 Å². The van der Waals surface area contributed by atoms with Crippen LogP contribution in [-0.4, -0.2) is 9.97 Å². The molecule has 0 saturated carbocycles. The van der Waals surface area contributed by atoms with Crippen LogP contribution in [0.3, 0.4) is 0 Å². The van der Waals surface area contributed by atoms with Gasteiger partial charge in [-0.25, -0.2) is 9.97 Å². The van der Waals surface area contributed by atoms with Crippen LogP contribution in [0.4, 0.5) is 17.1 Å². The van der Waals surface area contributed by atoms with E-state index in [1.54, 1.807) is 0 Å². The summed E-state index contributed by atoms with van der Waals surface area (Å²) >= 11 is 0. The predicted molar refractivity (Wildman–Crippen MR) is 231 cm³/mol. The number of benzene rings is 8. The largest absolute Gasteiger partial charge is 0.308 e. The number of nitrogens with zero attached hydrogens (tertiary/aromatic N) is 3. The van der Waals surface area contributed by atoms with Crippen LogP contribution in [0.5, 0.6) is 0 Å². The Kier molecular flexibility index (Phi) is 8.16. The third-order valence-electron chi connectivity index (χ3n) is 10.4. The summed E-state index contributed by atoms with van der Waals surface area (Å²) in [5.74, 6) is 0. The topological polar surface area (TPSA) is 29.0 Å². The summed E-state index contributed by atoms with van der Waals surface area (Å²) in [6.45, 7) is 0. The van der Waals surface area contributed by atoms with Gasteiger partial charge in [0.05, 0.1) is 28.3 Å². The molecule has 10 aromatic rings. The molecule has 0 atom stereocenters. The smallest absolute Gasteiger partial charge is 0.0956 e. The van der Waals surface area contributed by atoms with Gasteiger partial charge in [-0.15, -0.1) is 0 Å². The fraction of sp³-hybridized carbons (Fsp3) is 0. The lowest BCUT2D eigenvalue weighted by Crippen LogP contribution is -2.11. The Balaban J connectivity index is 1.36. The Labute approximate surface area is 320 Å². The molecule has 0 unspecified atom stereocenters. The van der Waals surface area contributed by atoms with Crippen molar-refractivity contribution in [1.82, 2.24) is 9.97 Å². The first kappa shape index (κ1) is 32.3. The monoisotopic (exact) mass is 701 g/mol. The van der Waals surface area contributed by atoms with Crippen molar-refractivity contribution in [3.63, 3.8) is 0 Å². The van der Waals surface area contributed by atoms with E-state index in [0.29, 0.717) is 0 Å². The molecule has 2 heterocycles. The van der Waals surface area contributed by atoms with Gasteiger partial charge in [0.15, 0.2) is 0 Å². The van der Waals surface area contributed by atoms with Crippen molar-refractivity contribution in [3.05, 3.63) is 212 Å². The molecular formula is C52H35N3. The lowest BCUT2D eigenvalue weighted by Gasteiger charge is -2.27. The quantitative estimate of drug-likeness (QED) is 0.155. The number of anilines is 3. The first-order valence-corrected chi connectivity index (χ1v) is 18.7. The van der Waals surface area contributed by atoms with Gasteiger partial charge in [-0.05, 0) is 70.4 Å². The zero-order valence-corrected chi connectivity index (χ0v) is 30.0. The van der Waals surface area contributed by atoms with Crippen LogP contribution in [0.2, 0.25) is 0 Å². The maximum Gasteiger partial charge on any atom is 0.0956 e. The van der Waals surface area contributed by atoms with Crippen molar-refractivity contribution in [3.8, 4) is 44.9 Å². The second-order valence-corrected chi connectivity index (χ2v) is 13.8. The summed E-state index contributed by atoms with van der Waals surface area (Å²) in [4.78, 5) is 13.5. The van der Waals surface area contributed by atoms with Crippen molar-refractivity contribution >= 4 is 49.5 Å². The van der Waals surface area contributed by atoms with E-state index in [1.165, 1.54) is 5.39 Å². The van der Waals surface area contributed by atoms with E-state index in [0.717, 1.165) is 89.0 Å². The molecule has 2 aromatic heterocycles. The highest BCUT2D eigenvalue weighted by molar-refractivity contribution is 6.27. The van der Waals surface area contributed by atoms with E-state index in [1.807, 2.05) is 0 Å². The number of fused-ring (bicyclic) bond motifs is 5. The maximum atomic E-state index is 5.73. The van der Waals surface area contributed by atoms with Gasteiger partial charge in [-0.3, -0.25) is 0 Å². The summed E-state index contributed by atoms with van der Waals surface area (Å²) < 4.78 is 0. The van der Waals surface area contributed by atoms with E-state index >= 15 is 0 Å². The highest BCUT2D eigenvalue weighted by Crippen LogP contribution is 2.47. The molecule has 258 valence electrons. The van der Waals surface area contributed by atoms with Gasteiger partial charge in [0.1, 0.15) is 0 Å². The fourth-order valence-corrected chi connectivity index (χ4v) is 7.88. The summed E-state index contributed by atoms with van der Waals surface area (Å²) in [5, 5.41) is 5.66. The minimum atomic E-state index is 0.903. The van der Waals surface area contributed by atoms with Crippen molar-refractivity contribution in [2.45, 2.75) is 0 Å². The molecule has 0 spiro atoms. The van der Waals surface area contributed by atoms with Gasteiger partial charge < -0.3 is 4.90 Å². The molecule has 0 bridgehead atoms. The van der Waals surface area contributed by atoms with Crippen molar-refractivity contribution in [2.24, 2.45) is 0 Å². The van der Waals surface area contributed by atoms with Crippen molar-refractivity contribution in [2.75, 3.05) is 4.90 Å². The lowest BCUT2D eigenvalue weighted by atomic mass is 9.89. The van der Waals surface area contributed by atoms with Gasteiger partial charge >= 0.3 is 0 Å². The molecule has 0 aliphatic rings. The molecule has 55 heavy (non-hydrogen) atoms. The van der Waals surface area contributed by atoms with Gasteiger partial charge in [0.25, 0.3) is 0 Å². The van der Waals surface area contributed by atoms with Gasteiger partial charge in [-0.1, -0.05) is 164 Å². The fourth-order valence-electron chi connectivity index (χ4n) is 7.88. The molecule has 0 aliphatic carbocycles. The number of pyridine rings is 2. The SMILES string of the molecule is c1ccc(-c2cc(-c3ccccc3)nc(-c3cc4ccccc4c4c3c(-c3ccccc3)nc3c(N(c5ccccc5)c5ccccc5)cccc34)c2)cc1. The van der Waals surface area contributed by atoms with Crippen LogP contribution in [0.1, 0.15) is 0 Å². The third-order valence-corrected chi connectivity index (χ3v) is 10.4. The lowest BCUT2D eigenvalue weighted by molar-refractivity contribution is 1.28. The van der Waals surface area contributed by atoms with Crippen LogP contribution < -0.4 is 4.90 Å². The maximum absolute atomic E-state index is 5.73. The number of para-hydroxylation sites is 3. The minimum absolute atomic E-state index is 0.903. The molecule has 0 fully saturated rings. The number of hydrogen-bond acceptors (Lipinski definition) is 3. The minimum Gasteiger partial charge on any atom is -0.308 e. The highest BCUT2D eigenvalue weighted by atomic mass is 15.1. The first-order valence-electron chi connectivity index (χ1n) is 18.7. The van der Waals surface area contributed by atoms with Crippen LogP contribution in [0.25, 0.3) is 77.3 Å². The Bertz CT molecular complexity index is 2850. The van der Waals surface area contributed by atoms with E-state index in [2.05, 4.69) is 217 Å².